The summed E-state index contributed by atoms with van der Waals surface area (Å²) in [5, 5.41) is 0. The minimum Gasteiger partial charge on any atom is -0.303 e. The molecule has 18 heavy (non-hydrogen) atoms. The molecular formula is C17H28O. The molecule has 0 N–H and O–H groups in total. The van der Waals surface area contributed by atoms with Gasteiger partial charge in [-0.15, -0.1) is 6.58 Å². The van der Waals surface area contributed by atoms with Gasteiger partial charge in [-0.3, -0.25) is 0 Å². The SMILES string of the molecule is C=CC/C=C(\C)CCC/C(C)=C/CCC(C)C=O. The fraction of sp³-hybridized carbons (Fsp3) is 0.588. The molecular weight excluding hydrogens is 220 g/mol. The van der Waals surface area contributed by atoms with Crippen molar-refractivity contribution in [2.45, 2.75) is 59.3 Å². The van der Waals surface area contributed by atoms with Gasteiger partial charge < -0.3 is 4.79 Å². The zero-order valence-electron chi connectivity index (χ0n) is 12.2. The highest BCUT2D eigenvalue weighted by atomic mass is 16.1. The van der Waals surface area contributed by atoms with Gasteiger partial charge in [0.25, 0.3) is 0 Å². The number of allylic oxidation sites excluding steroid dienone is 5. The van der Waals surface area contributed by atoms with Gasteiger partial charge >= 0.3 is 0 Å². The lowest BCUT2D eigenvalue weighted by Gasteiger charge is -2.04. The van der Waals surface area contributed by atoms with Crippen LogP contribution in [0.4, 0.5) is 0 Å². The van der Waals surface area contributed by atoms with E-state index in [4.69, 9.17) is 0 Å². The Balaban J connectivity index is 3.75. The number of aldehydes is 1. The number of hydrogen-bond donors (Lipinski definition) is 0. The Morgan fingerprint density at radius 1 is 1.17 bits per heavy atom. The minimum atomic E-state index is 0.193. The van der Waals surface area contributed by atoms with E-state index in [1.165, 1.54) is 24.0 Å². The van der Waals surface area contributed by atoms with Gasteiger partial charge in [-0.05, 0) is 52.4 Å². The predicted molar refractivity (Wildman–Crippen MR) is 80.6 cm³/mol. The van der Waals surface area contributed by atoms with Crippen molar-refractivity contribution in [2.24, 2.45) is 5.92 Å². The summed E-state index contributed by atoms with van der Waals surface area (Å²) in [7, 11) is 0. The largest absolute Gasteiger partial charge is 0.303 e. The summed E-state index contributed by atoms with van der Waals surface area (Å²) in [4.78, 5) is 10.5. The maximum absolute atomic E-state index is 10.5. The molecule has 1 nitrogen and oxygen atoms in total. The fourth-order valence-corrected chi connectivity index (χ4v) is 1.80. The van der Waals surface area contributed by atoms with Crippen molar-refractivity contribution in [1.29, 1.82) is 0 Å². The molecule has 0 aliphatic rings. The van der Waals surface area contributed by atoms with Crippen LogP contribution in [-0.2, 0) is 4.79 Å². The Labute approximate surface area is 113 Å². The average Bonchev–Trinajstić information content (AvgIpc) is 2.36. The smallest absolute Gasteiger partial charge is 0.122 e. The molecule has 0 rings (SSSR count). The van der Waals surface area contributed by atoms with E-state index in [1.54, 1.807) is 0 Å². The van der Waals surface area contributed by atoms with Crippen molar-refractivity contribution in [3.05, 3.63) is 36.0 Å². The molecule has 0 aromatic rings. The van der Waals surface area contributed by atoms with Crippen molar-refractivity contribution in [3.63, 3.8) is 0 Å². The van der Waals surface area contributed by atoms with Gasteiger partial charge in [0.2, 0.25) is 0 Å². The summed E-state index contributed by atoms with van der Waals surface area (Å²) in [6.07, 6.45) is 14.0. The van der Waals surface area contributed by atoms with Crippen molar-refractivity contribution in [2.75, 3.05) is 0 Å². The van der Waals surface area contributed by atoms with E-state index < -0.39 is 0 Å². The second-order valence-corrected chi connectivity index (χ2v) is 5.17. The van der Waals surface area contributed by atoms with Gasteiger partial charge in [-0.2, -0.15) is 0 Å². The van der Waals surface area contributed by atoms with Gasteiger partial charge in [0, 0.05) is 5.92 Å². The van der Waals surface area contributed by atoms with Crippen LogP contribution in [0.3, 0.4) is 0 Å². The highest BCUT2D eigenvalue weighted by molar-refractivity contribution is 5.52. The number of rotatable bonds is 10. The zero-order chi connectivity index (χ0) is 13.8. The van der Waals surface area contributed by atoms with Gasteiger partial charge in [-0.25, -0.2) is 0 Å². The van der Waals surface area contributed by atoms with E-state index in [0.29, 0.717) is 0 Å². The van der Waals surface area contributed by atoms with Gasteiger partial charge in [0.05, 0.1) is 0 Å². The third-order valence-corrected chi connectivity index (χ3v) is 3.12. The Bertz CT molecular complexity index is 297. The summed E-state index contributed by atoms with van der Waals surface area (Å²) in [5.41, 5.74) is 2.90. The van der Waals surface area contributed by atoms with Crippen LogP contribution >= 0.6 is 0 Å². The van der Waals surface area contributed by atoms with Crippen LogP contribution in [0.2, 0.25) is 0 Å². The summed E-state index contributed by atoms with van der Waals surface area (Å²) in [6.45, 7) is 10.1. The Kier molecular flexibility index (Phi) is 10.3. The molecule has 0 heterocycles. The molecule has 102 valence electrons. The first-order valence-corrected chi connectivity index (χ1v) is 6.97. The van der Waals surface area contributed by atoms with Gasteiger partial charge in [-0.1, -0.05) is 36.3 Å². The number of hydrogen-bond acceptors (Lipinski definition) is 1. The second kappa shape index (κ2) is 11.0. The van der Waals surface area contributed by atoms with Crippen molar-refractivity contribution >= 4 is 6.29 Å². The molecule has 0 aliphatic carbocycles. The first-order chi connectivity index (χ1) is 8.60. The van der Waals surface area contributed by atoms with Crippen molar-refractivity contribution < 1.29 is 4.79 Å². The first-order valence-electron chi connectivity index (χ1n) is 6.97. The van der Waals surface area contributed by atoms with Crippen LogP contribution in [-0.4, -0.2) is 6.29 Å². The molecule has 0 bridgehead atoms. The number of carbonyl (C=O) groups excluding carboxylic acids is 1. The summed E-state index contributed by atoms with van der Waals surface area (Å²) >= 11 is 0. The van der Waals surface area contributed by atoms with Crippen molar-refractivity contribution in [1.82, 2.24) is 0 Å². The van der Waals surface area contributed by atoms with E-state index in [1.807, 2.05) is 13.0 Å². The molecule has 1 atom stereocenters. The van der Waals surface area contributed by atoms with E-state index in [2.05, 4.69) is 32.6 Å². The van der Waals surface area contributed by atoms with Crippen LogP contribution in [0, 0.1) is 5.92 Å². The maximum atomic E-state index is 10.5. The molecule has 0 spiro atoms. The van der Waals surface area contributed by atoms with Crippen LogP contribution in [0.15, 0.2) is 36.0 Å². The number of carbonyl (C=O) groups is 1. The lowest BCUT2D eigenvalue weighted by atomic mass is 10.0. The normalized spacial score (nSPS) is 14.4. The fourth-order valence-electron chi connectivity index (χ4n) is 1.80. The van der Waals surface area contributed by atoms with E-state index in [0.717, 1.165) is 32.0 Å². The molecule has 0 aromatic heterocycles. The Morgan fingerprint density at radius 3 is 2.33 bits per heavy atom. The quantitative estimate of drug-likeness (QED) is 0.381. The molecule has 0 aromatic carbocycles. The highest BCUT2D eigenvalue weighted by Crippen LogP contribution is 2.14. The third-order valence-electron chi connectivity index (χ3n) is 3.12. The van der Waals surface area contributed by atoms with E-state index in [9.17, 15) is 4.79 Å². The molecule has 0 saturated heterocycles. The minimum absolute atomic E-state index is 0.193. The molecule has 0 fully saturated rings. The Hall–Kier alpha value is -1.11. The van der Waals surface area contributed by atoms with Gasteiger partial charge in [0.15, 0.2) is 0 Å². The monoisotopic (exact) mass is 248 g/mol. The predicted octanol–water partition coefficient (Wildman–Crippen LogP) is 5.24. The van der Waals surface area contributed by atoms with Crippen LogP contribution in [0.25, 0.3) is 0 Å². The first kappa shape index (κ1) is 16.9. The molecule has 1 unspecified atom stereocenters. The Morgan fingerprint density at radius 2 is 1.78 bits per heavy atom. The van der Waals surface area contributed by atoms with Crippen molar-refractivity contribution in [3.8, 4) is 0 Å². The summed E-state index contributed by atoms with van der Waals surface area (Å²) < 4.78 is 0. The topological polar surface area (TPSA) is 17.1 Å². The molecule has 1 heteroatoms. The van der Waals surface area contributed by atoms with Gasteiger partial charge in [0.1, 0.15) is 6.29 Å². The molecule has 0 saturated carbocycles. The summed E-state index contributed by atoms with van der Waals surface area (Å²) in [6, 6.07) is 0. The zero-order valence-corrected chi connectivity index (χ0v) is 12.2. The molecule has 0 radical (unpaired) electrons. The molecule has 0 aliphatic heterocycles. The maximum Gasteiger partial charge on any atom is 0.122 e. The van der Waals surface area contributed by atoms with Crippen LogP contribution in [0.1, 0.15) is 59.3 Å². The third kappa shape index (κ3) is 10.1. The summed E-state index contributed by atoms with van der Waals surface area (Å²) in [5.74, 6) is 0.193. The second-order valence-electron chi connectivity index (χ2n) is 5.17. The van der Waals surface area contributed by atoms with Crippen LogP contribution in [0.5, 0.6) is 0 Å². The van der Waals surface area contributed by atoms with E-state index in [-0.39, 0.29) is 5.92 Å². The lowest BCUT2D eigenvalue weighted by molar-refractivity contribution is -0.110. The van der Waals surface area contributed by atoms with E-state index >= 15 is 0 Å². The highest BCUT2D eigenvalue weighted by Gasteiger charge is 1.98. The van der Waals surface area contributed by atoms with Crippen LogP contribution < -0.4 is 0 Å². The molecule has 0 amide bonds. The lowest BCUT2D eigenvalue weighted by Crippen LogP contribution is -1.93. The average molecular weight is 248 g/mol. The standard InChI is InChI=1S/C17H28O/c1-5-6-9-15(2)10-7-11-16(3)12-8-13-17(4)14-18/h5,9,12,14,17H,1,6-8,10-11,13H2,2-4H3/b15-9+,16-12+.